The van der Waals surface area contributed by atoms with Crippen LogP contribution in [0.15, 0.2) is 42.7 Å². The molecule has 1 aromatic carbocycles. The van der Waals surface area contributed by atoms with E-state index in [-0.39, 0.29) is 36.8 Å². The van der Waals surface area contributed by atoms with E-state index in [2.05, 4.69) is 10.3 Å². The van der Waals surface area contributed by atoms with Gasteiger partial charge in [0.1, 0.15) is 0 Å². The van der Waals surface area contributed by atoms with Crippen molar-refractivity contribution in [3.05, 3.63) is 59.4 Å². The Balaban J connectivity index is 0.00000220. The molecule has 1 heterocycles. The van der Waals surface area contributed by atoms with Gasteiger partial charge in [-0.2, -0.15) is 0 Å². The minimum absolute atomic E-state index is 0. The molecule has 0 aliphatic heterocycles. The number of pyridine rings is 1. The minimum Gasteiger partial charge on any atom is -0.399 e. The van der Waals surface area contributed by atoms with Crippen molar-refractivity contribution in [3.63, 3.8) is 0 Å². The van der Waals surface area contributed by atoms with Crippen LogP contribution >= 0.6 is 24.8 Å². The van der Waals surface area contributed by atoms with Crippen molar-refractivity contribution >= 4 is 36.4 Å². The van der Waals surface area contributed by atoms with Crippen LogP contribution in [-0.2, 0) is 0 Å². The number of halogens is 2. The Bertz CT molecular complexity index is 606. The number of carbonyl (C=O) groups is 1. The number of benzene rings is 1. The maximum Gasteiger partial charge on any atom is 0.252 e. The highest BCUT2D eigenvalue weighted by molar-refractivity contribution is 5.96. The van der Waals surface area contributed by atoms with Crippen molar-refractivity contribution in [3.8, 4) is 0 Å². The van der Waals surface area contributed by atoms with Gasteiger partial charge in [0, 0.05) is 23.6 Å². The van der Waals surface area contributed by atoms with E-state index >= 15 is 0 Å². The van der Waals surface area contributed by atoms with E-state index in [1.165, 1.54) is 0 Å². The number of aryl methyl sites for hydroxylation is 1. The molecule has 0 saturated heterocycles. The van der Waals surface area contributed by atoms with Gasteiger partial charge in [0.2, 0.25) is 0 Å². The van der Waals surface area contributed by atoms with Crippen LogP contribution in [0.2, 0.25) is 0 Å². The zero-order chi connectivity index (χ0) is 14.5. The molecule has 0 fully saturated rings. The minimum atomic E-state index is -0.0986. The number of hydrogen-bond donors (Lipinski definition) is 2. The first-order valence-corrected chi connectivity index (χ1v) is 6.68. The number of nitrogens with zero attached hydrogens (tertiary/aromatic N) is 1. The first-order chi connectivity index (χ1) is 9.61. The number of nitrogens with two attached hydrogens (primary N) is 1. The fraction of sp³-hybridized carbons (Fsp3) is 0.250. The Morgan fingerprint density at radius 2 is 1.86 bits per heavy atom. The zero-order valence-corrected chi connectivity index (χ0v) is 14.2. The topological polar surface area (TPSA) is 68.0 Å². The summed E-state index contributed by atoms with van der Waals surface area (Å²) in [6, 6.07) is 9.18. The molecule has 6 heteroatoms. The number of rotatable bonds is 4. The van der Waals surface area contributed by atoms with Gasteiger partial charge < -0.3 is 11.1 Å². The molecule has 3 N–H and O–H groups in total. The van der Waals surface area contributed by atoms with Gasteiger partial charge >= 0.3 is 0 Å². The first-order valence-electron chi connectivity index (χ1n) is 6.68. The van der Waals surface area contributed by atoms with E-state index < -0.39 is 0 Å². The SMILES string of the molecule is CCC(NC(=O)c1cc(N)ccc1C)c1ccncc1.Cl.Cl. The van der Waals surface area contributed by atoms with Crippen LogP contribution in [0.3, 0.4) is 0 Å². The molecular formula is C16H21Cl2N3O. The van der Waals surface area contributed by atoms with Gasteiger partial charge in [0.15, 0.2) is 0 Å². The van der Waals surface area contributed by atoms with E-state index in [1.54, 1.807) is 24.5 Å². The molecule has 0 aliphatic carbocycles. The summed E-state index contributed by atoms with van der Waals surface area (Å²) in [5.74, 6) is -0.0986. The quantitative estimate of drug-likeness (QED) is 0.833. The molecule has 22 heavy (non-hydrogen) atoms. The van der Waals surface area contributed by atoms with Crippen LogP contribution in [0, 0.1) is 6.92 Å². The predicted octanol–water partition coefficient (Wildman–Crippen LogP) is 3.70. The van der Waals surface area contributed by atoms with E-state index in [4.69, 9.17) is 5.73 Å². The lowest BCUT2D eigenvalue weighted by molar-refractivity contribution is 0.0935. The number of nitrogens with one attached hydrogen (secondary N) is 1. The fourth-order valence-corrected chi connectivity index (χ4v) is 2.14. The molecule has 1 unspecified atom stereocenters. The van der Waals surface area contributed by atoms with Crippen LogP contribution in [0.5, 0.6) is 0 Å². The normalized spacial score (nSPS) is 10.8. The Morgan fingerprint density at radius 1 is 1.23 bits per heavy atom. The molecule has 2 rings (SSSR count). The van der Waals surface area contributed by atoms with Gasteiger partial charge in [0.05, 0.1) is 6.04 Å². The lowest BCUT2D eigenvalue weighted by atomic mass is 10.0. The van der Waals surface area contributed by atoms with E-state index in [0.29, 0.717) is 11.3 Å². The maximum absolute atomic E-state index is 12.4. The standard InChI is InChI=1S/C16H19N3O.2ClH/c1-3-15(12-6-8-18-9-7-12)19-16(20)14-10-13(17)5-4-11(14)2;;/h4-10,15H,3,17H2,1-2H3,(H,19,20);2*1H. The van der Waals surface area contributed by atoms with Crippen molar-refractivity contribution < 1.29 is 4.79 Å². The van der Waals surface area contributed by atoms with Gasteiger partial charge in [0.25, 0.3) is 5.91 Å². The summed E-state index contributed by atoms with van der Waals surface area (Å²) in [5.41, 5.74) is 8.94. The summed E-state index contributed by atoms with van der Waals surface area (Å²) >= 11 is 0. The molecule has 1 atom stereocenters. The smallest absolute Gasteiger partial charge is 0.252 e. The zero-order valence-electron chi connectivity index (χ0n) is 12.6. The van der Waals surface area contributed by atoms with Gasteiger partial charge in [-0.3, -0.25) is 9.78 Å². The number of amides is 1. The highest BCUT2D eigenvalue weighted by Gasteiger charge is 2.15. The van der Waals surface area contributed by atoms with Crippen molar-refractivity contribution in [2.24, 2.45) is 0 Å². The molecule has 2 aromatic rings. The van der Waals surface area contributed by atoms with E-state index in [0.717, 1.165) is 17.5 Å². The number of hydrogen-bond acceptors (Lipinski definition) is 3. The number of anilines is 1. The van der Waals surface area contributed by atoms with Gasteiger partial charge in [-0.1, -0.05) is 13.0 Å². The Hall–Kier alpha value is -1.78. The van der Waals surface area contributed by atoms with Crippen LogP contribution in [0.4, 0.5) is 5.69 Å². The van der Waals surface area contributed by atoms with Crippen molar-refractivity contribution in [2.45, 2.75) is 26.3 Å². The fourth-order valence-electron chi connectivity index (χ4n) is 2.14. The third kappa shape index (κ3) is 4.90. The van der Waals surface area contributed by atoms with E-state index in [9.17, 15) is 4.79 Å². The van der Waals surface area contributed by atoms with Crippen molar-refractivity contribution in [2.75, 3.05) is 5.73 Å². The van der Waals surface area contributed by atoms with Crippen molar-refractivity contribution in [1.82, 2.24) is 10.3 Å². The molecule has 0 radical (unpaired) electrons. The summed E-state index contributed by atoms with van der Waals surface area (Å²) in [6.07, 6.45) is 4.28. The molecule has 120 valence electrons. The average Bonchev–Trinajstić information content (AvgIpc) is 2.48. The number of nitrogen functional groups attached to an aromatic ring is 1. The van der Waals surface area contributed by atoms with Gasteiger partial charge in [-0.25, -0.2) is 0 Å². The van der Waals surface area contributed by atoms with Crippen LogP contribution < -0.4 is 11.1 Å². The lowest BCUT2D eigenvalue weighted by Crippen LogP contribution is -2.28. The van der Waals surface area contributed by atoms with Gasteiger partial charge in [-0.15, -0.1) is 24.8 Å². The Kier molecular flexibility index (Phi) is 8.53. The molecular weight excluding hydrogens is 321 g/mol. The van der Waals surface area contributed by atoms with Crippen LogP contribution in [0.1, 0.15) is 40.9 Å². The van der Waals surface area contributed by atoms with E-state index in [1.807, 2.05) is 32.0 Å². The molecule has 0 aliphatic rings. The molecule has 1 amide bonds. The summed E-state index contributed by atoms with van der Waals surface area (Å²) in [6.45, 7) is 3.94. The summed E-state index contributed by atoms with van der Waals surface area (Å²) in [5, 5.41) is 3.05. The van der Waals surface area contributed by atoms with Crippen molar-refractivity contribution in [1.29, 1.82) is 0 Å². The first kappa shape index (κ1) is 20.2. The molecule has 0 bridgehead atoms. The number of carbonyl (C=O) groups excluding carboxylic acids is 1. The third-order valence-electron chi connectivity index (χ3n) is 3.33. The van der Waals surface area contributed by atoms with Crippen LogP contribution in [-0.4, -0.2) is 10.9 Å². The Labute approximate surface area is 143 Å². The Morgan fingerprint density at radius 3 is 2.45 bits per heavy atom. The molecule has 0 spiro atoms. The lowest BCUT2D eigenvalue weighted by Gasteiger charge is -2.18. The highest BCUT2D eigenvalue weighted by Crippen LogP contribution is 2.18. The second-order valence-electron chi connectivity index (χ2n) is 4.79. The molecule has 1 aromatic heterocycles. The second kappa shape index (κ2) is 9.28. The predicted molar refractivity (Wildman–Crippen MR) is 94.8 cm³/mol. The maximum atomic E-state index is 12.4. The van der Waals surface area contributed by atoms with Gasteiger partial charge in [-0.05, 0) is 48.7 Å². The monoisotopic (exact) mass is 341 g/mol. The summed E-state index contributed by atoms with van der Waals surface area (Å²) in [7, 11) is 0. The second-order valence-corrected chi connectivity index (χ2v) is 4.79. The largest absolute Gasteiger partial charge is 0.399 e. The molecule has 4 nitrogen and oxygen atoms in total. The summed E-state index contributed by atoms with van der Waals surface area (Å²) < 4.78 is 0. The average molecular weight is 342 g/mol. The number of aromatic nitrogens is 1. The highest BCUT2D eigenvalue weighted by atomic mass is 35.5. The molecule has 0 saturated carbocycles. The van der Waals surface area contributed by atoms with Crippen LogP contribution in [0.25, 0.3) is 0 Å². The third-order valence-corrected chi connectivity index (χ3v) is 3.33. The summed E-state index contributed by atoms with van der Waals surface area (Å²) in [4.78, 5) is 16.4.